The Hall–Kier alpha value is -3.20. The highest BCUT2D eigenvalue weighted by molar-refractivity contribution is 7.20. The highest BCUT2D eigenvalue weighted by Crippen LogP contribution is 2.28. The molecule has 0 aliphatic heterocycles. The number of hydrogen-bond acceptors (Lipinski definition) is 6. The van der Waals surface area contributed by atoms with Gasteiger partial charge >= 0.3 is 5.97 Å². The van der Waals surface area contributed by atoms with Crippen LogP contribution in [0.2, 0.25) is 0 Å². The quantitative estimate of drug-likeness (QED) is 0.400. The number of carboxylic acids is 1. The normalized spacial score (nSPS) is 11.0. The van der Waals surface area contributed by atoms with Crippen molar-refractivity contribution in [2.24, 2.45) is 0 Å². The van der Waals surface area contributed by atoms with E-state index in [4.69, 9.17) is 5.11 Å². The lowest BCUT2D eigenvalue weighted by atomic mass is 10.1. The number of rotatable bonds is 7. The summed E-state index contributed by atoms with van der Waals surface area (Å²) in [5.41, 5.74) is 0.290. The maximum atomic E-state index is 12.8. The zero-order valence-corrected chi connectivity index (χ0v) is 16.9. The molecule has 1 amide bonds. The Morgan fingerprint density at radius 2 is 2.03 bits per heavy atom. The van der Waals surface area contributed by atoms with E-state index in [1.807, 2.05) is 0 Å². The number of carbonyl (C=O) groups is 2. The van der Waals surface area contributed by atoms with E-state index < -0.39 is 11.9 Å². The van der Waals surface area contributed by atoms with Gasteiger partial charge in [0.2, 0.25) is 0 Å². The van der Waals surface area contributed by atoms with Gasteiger partial charge in [-0.3, -0.25) is 14.2 Å². The highest BCUT2D eigenvalue weighted by Gasteiger charge is 2.20. The van der Waals surface area contributed by atoms with Crippen LogP contribution in [0.15, 0.2) is 29.3 Å². The number of amides is 1. The first-order valence-corrected chi connectivity index (χ1v) is 10.0. The Bertz CT molecular complexity index is 1150. The first-order valence-electron chi connectivity index (χ1n) is 9.19. The van der Waals surface area contributed by atoms with Gasteiger partial charge in [0.05, 0.1) is 16.6 Å². The molecule has 0 aliphatic carbocycles. The van der Waals surface area contributed by atoms with E-state index in [0.717, 1.165) is 30.6 Å². The van der Waals surface area contributed by atoms with E-state index in [0.29, 0.717) is 27.2 Å². The summed E-state index contributed by atoms with van der Waals surface area (Å²) < 4.78 is 1.57. The molecule has 0 radical (unpaired) electrons. The number of nitrogens with zero attached hydrogens (tertiary/aromatic N) is 2. The van der Waals surface area contributed by atoms with Gasteiger partial charge in [-0.05, 0) is 37.1 Å². The number of phenols is 1. The van der Waals surface area contributed by atoms with Crippen LogP contribution in [0, 0.1) is 6.92 Å². The number of aryl methyl sites for hydroxylation is 2. The van der Waals surface area contributed by atoms with Crippen molar-refractivity contribution in [3.63, 3.8) is 0 Å². The number of fused-ring (bicyclic) bond motifs is 1. The fraction of sp³-hybridized carbons (Fsp3) is 0.300. The smallest absolute Gasteiger partial charge is 0.339 e. The van der Waals surface area contributed by atoms with Gasteiger partial charge < -0.3 is 15.5 Å². The molecule has 3 N–H and O–H groups in total. The molecule has 2 heterocycles. The standard InChI is InChI=1S/C20H21N3O5S/c1-3-4-5-8-23-10-21-18-15(19(23)26)11(2)16(29-18)17(25)22-12-6-7-14(24)13(9-12)20(27)28/h6-7,9-10,24H,3-5,8H2,1-2H3,(H,22,25)(H,27,28). The number of benzene rings is 1. The summed E-state index contributed by atoms with van der Waals surface area (Å²) in [5.74, 6) is -2.16. The van der Waals surface area contributed by atoms with Crippen molar-refractivity contribution in [2.45, 2.75) is 39.7 Å². The van der Waals surface area contributed by atoms with Crippen LogP contribution in [0.3, 0.4) is 0 Å². The summed E-state index contributed by atoms with van der Waals surface area (Å²) in [4.78, 5) is 41.8. The van der Waals surface area contributed by atoms with Crippen molar-refractivity contribution >= 4 is 39.1 Å². The molecule has 0 bridgehead atoms. The van der Waals surface area contributed by atoms with E-state index in [-0.39, 0.29) is 22.6 Å². The molecule has 0 fully saturated rings. The van der Waals surface area contributed by atoms with Gasteiger partial charge in [-0.25, -0.2) is 9.78 Å². The summed E-state index contributed by atoms with van der Waals surface area (Å²) in [5, 5.41) is 21.7. The lowest BCUT2D eigenvalue weighted by molar-refractivity contribution is 0.0693. The van der Waals surface area contributed by atoms with Crippen LogP contribution in [0.5, 0.6) is 5.75 Å². The number of carboxylic acid groups (broad SMARTS) is 1. The molecule has 3 rings (SSSR count). The third kappa shape index (κ3) is 4.14. The number of aromatic hydroxyl groups is 1. The minimum atomic E-state index is -1.30. The topological polar surface area (TPSA) is 122 Å². The Morgan fingerprint density at radius 1 is 1.28 bits per heavy atom. The molecule has 0 atom stereocenters. The van der Waals surface area contributed by atoms with Gasteiger partial charge in [-0.1, -0.05) is 19.8 Å². The van der Waals surface area contributed by atoms with Gasteiger partial charge in [0.15, 0.2) is 0 Å². The van der Waals surface area contributed by atoms with Crippen molar-refractivity contribution in [3.8, 4) is 5.75 Å². The van der Waals surface area contributed by atoms with Crippen LogP contribution in [0.25, 0.3) is 10.2 Å². The Labute approximate surface area is 170 Å². The van der Waals surface area contributed by atoms with Crippen LogP contribution in [0.4, 0.5) is 5.69 Å². The number of anilines is 1. The summed E-state index contributed by atoms with van der Waals surface area (Å²) in [7, 11) is 0. The average molecular weight is 415 g/mol. The second-order valence-corrected chi connectivity index (χ2v) is 7.68. The SMILES string of the molecule is CCCCCn1cnc2sc(C(=O)Nc3ccc(O)c(C(=O)O)c3)c(C)c2c1=O. The number of hydrogen-bond donors (Lipinski definition) is 3. The largest absolute Gasteiger partial charge is 0.507 e. The summed E-state index contributed by atoms with van der Waals surface area (Å²) in [6.45, 7) is 4.37. The fourth-order valence-electron chi connectivity index (χ4n) is 3.04. The molecule has 2 aromatic heterocycles. The van der Waals surface area contributed by atoms with Crippen molar-refractivity contribution in [2.75, 3.05) is 5.32 Å². The molecule has 1 aromatic carbocycles. The minimum Gasteiger partial charge on any atom is -0.507 e. The molecular weight excluding hydrogens is 394 g/mol. The first kappa shape index (κ1) is 20.5. The molecule has 29 heavy (non-hydrogen) atoms. The van der Waals surface area contributed by atoms with Crippen molar-refractivity contribution in [3.05, 3.63) is 50.9 Å². The van der Waals surface area contributed by atoms with Crippen LogP contribution >= 0.6 is 11.3 Å². The van der Waals surface area contributed by atoms with Crippen LogP contribution in [-0.2, 0) is 6.54 Å². The van der Waals surface area contributed by atoms with E-state index >= 15 is 0 Å². The lowest BCUT2D eigenvalue weighted by Crippen LogP contribution is -2.20. The first-order chi connectivity index (χ1) is 13.8. The molecular formula is C20H21N3O5S. The third-order valence-electron chi connectivity index (χ3n) is 4.61. The number of nitrogens with one attached hydrogen (secondary N) is 1. The maximum Gasteiger partial charge on any atom is 0.339 e. The van der Waals surface area contributed by atoms with Gasteiger partial charge in [-0.2, -0.15) is 0 Å². The molecule has 3 aromatic rings. The van der Waals surface area contributed by atoms with E-state index in [9.17, 15) is 19.5 Å². The zero-order chi connectivity index (χ0) is 21.1. The number of aromatic nitrogens is 2. The van der Waals surface area contributed by atoms with Crippen LogP contribution < -0.4 is 10.9 Å². The van der Waals surface area contributed by atoms with Crippen molar-refractivity contribution in [1.29, 1.82) is 0 Å². The van der Waals surface area contributed by atoms with Crippen LogP contribution in [0.1, 0.15) is 51.8 Å². The van der Waals surface area contributed by atoms with E-state index in [1.165, 1.54) is 24.5 Å². The third-order valence-corrected chi connectivity index (χ3v) is 5.81. The summed E-state index contributed by atoms with van der Waals surface area (Å²) in [6.07, 6.45) is 4.46. The van der Waals surface area contributed by atoms with Gasteiger partial charge in [-0.15, -0.1) is 11.3 Å². The Kier molecular flexibility index (Phi) is 5.97. The highest BCUT2D eigenvalue weighted by atomic mass is 32.1. The molecule has 9 heteroatoms. The number of carbonyl (C=O) groups excluding carboxylic acids is 1. The predicted molar refractivity (Wildman–Crippen MR) is 111 cm³/mol. The second-order valence-electron chi connectivity index (χ2n) is 6.68. The summed E-state index contributed by atoms with van der Waals surface area (Å²) >= 11 is 1.11. The molecule has 0 saturated heterocycles. The van der Waals surface area contributed by atoms with Crippen LogP contribution in [-0.4, -0.2) is 31.6 Å². The molecule has 0 spiro atoms. The van der Waals surface area contributed by atoms with Gasteiger partial charge in [0, 0.05) is 12.2 Å². The number of aromatic carboxylic acids is 1. The average Bonchev–Trinajstić information content (AvgIpc) is 3.02. The minimum absolute atomic E-state index is 0.170. The van der Waals surface area contributed by atoms with Gasteiger partial charge in [0.1, 0.15) is 16.1 Å². The number of unbranched alkanes of at least 4 members (excludes halogenated alkanes) is 2. The van der Waals surface area contributed by atoms with E-state index in [2.05, 4.69) is 17.2 Å². The molecule has 0 aliphatic rings. The predicted octanol–water partition coefficient (Wildman–Crippen LogP) is 3.61. The van der Waals surface area contributed by atoms with E-state index in [1.54, 1.807) is 11.5 Å². The molecule has 152 valence electrons. The number of thiophene rings is 1. The van der Waals surface area contributed by atoms with Gasteiger partial charge in [0.25, 0.3) is 11.5 Å². The zero-order valence-electron chi connectivity index (χ0n) is 16.1. The lowest BCUT2D eigenvalue weighted by Gasteiger charge is -2.07. The monoisotopic (exact) mass is 415 g/mol. The second kappa shape index (κ2) is 8.44. The van der Waals surface area contributed by atoms with Crippen molar-refractivity contribution < 1.29 is 19.8 Å². The molecule has 8 nitrogen and oxygen atoms in total. The fourth-order valence-corrected chi connectivity index (χ4v) is 4.07. The Morgan fingerprint density at radius 3 is 2.72 bits per heavy atom. The molecule has 0 unspecified atom stereocenters. The Balaban J connectivity index is 1.92. The maximum absolute atomic E-state index is 12.8. The molecule has 0 saturated carbocycles. The van der Waals surface area contributed by atoms with Crippen molar-refractivity contribution in [1.82, 2.24) is 9.55 Å². The summed E-state index contributed by atoms with van der Waals surface area (Å²) in [6, 6.07) is 3.78.